The third kappa shape index (κ3) is 2.78. The van der Waals surface area contributed by atoms with E-state index in [2.05, 4.69) is 30.0 Å². The van der Waals surface area contributed by atoms with Crippen molar-refractivity contribution in [2.75, 3.05) is 11.4 Å². The van der Waals surface area contributed by atoms with Gasteiger partial charge in [0.25, 0.3) is 0 Å². The Morgan fingerprint density at radius 3 is 2.89 bits per heavy atom. The van der Waals surface area contributed by atoms with Crippen LogP contribution in [-0.2, 0) is 11.2 Å². The molecule has 0 fully saturated rings. The Hall–Kier alpha value is -1.22. The van der Waals surface area contributed by atoms with Crippen LogP contribution in [0.3, 0.4) is 0 Å². The van der Waals surface area contributed by atoms with Gasteiger partial charge in [0.05, 0.1) is 4.99 Å². The molecule has 0 saturated heterocycles. The van der Waals surface area contributed by atoms with Crippen LogP contribution in [0.5, 0.6) is 0 Å². The fourth-order valence-electron chi connectivity index (χ4n) is 2.35. The molecule has 2 rings (SSSR count). The van der Waals surface area contributed by atoms with Crippen molar-refractivity contribution in [2.24, 2.45) is 0 Å². The zero-order valence-corrected chi connectivity index (χ0v) is 11.8. The number of carbonyl (C=O) groups is 1. The topological polar surface area (TPSA) is 20.3 Å². The highest BCUT2D eigenvalue weighted by Crippen LogP contribution is 2.29. The molecule has 0 aliphatic carbocycles. The van der Waals surface area contributed by atoms with Crippen molar-refractivity contribution in [1.29, 1.82) is 0 Å². The number of thiocarbonyl (C=S) groups is 1. The van der Waals surface area contributed by atoms with E-state index in [0.717, 1.165) is 24.4 Å². The number of hydrogen-bond donors (Lipinski definition) is 0. The molecule has 3 heteroatoms. The minimum atomic E-state index is 0.303. The van der Waals surface area contributed by atoms with Crippen LogP contribution in [0.2, 0.25) is 0 Å². The minimum Gasteiger partial charge on any atom is -0.335 e. The van der Waals surface area contributed by atoms with Gasteiger partial charge in [-0.2, -0.15) is 0 Å². The Bertz CT molecular complexity index is 481. The van der Waals surface area contributed by atoms with Crippen molar-refractivity contribution in [3.05, 3.63) is 29.3 Å². The summed E-state index contributed by atoms with van der Waals surface area (Å²) in [6.07, 6.45) is 3.14. The van der Waals surface area contributed by atoms with E-state index in [1.807, 2.05) is 6.92 Å². The lowest BCUT2D eigenvalue weighted by Crippen LogP contribution is -2.35. The van der Waals surface area contributed by atoms with Gasteiger partial charge >= 0.3 is 0 Å². The average Bonchev–Trinajstić information content (AvgIpc) is 2.37. The Labute approximate surface area is 114 Å². The number of ketones is 1. The normalized spacial score (nSPS) is 14.6. The molecule has 2 nitrogen and oxygen atoms in total. The molecule has 0 amide bonds. The van der Waals surface area contributed by atoms with E-state index in [-0.39, 0.29) is 0 Å². The number of fused-ring (bicyclic) bond motifs is 1. The number of rotatable bonds is 4. The summed E-state index contributed by atoms with van der Waals surface area (Å²) in [5, 5.41) is 0. The molecule has 1 aliphatic rings. The fourth-order valence-corrected chi connectivity index (χ4v) is 2.64. The molecule has 0 radical (unpaired) electrons. The molecular formula is C15H19NOS. The number of hydrogen-bond acceptors (Lipinski definition) is 2. The molecular weight excluding hydrogens is 242 g/mol. The molecule has 1 aromatic carbocycles. The van der Waals surface area contributed by atoms with Gasteiger partial charge in [-0.1, -0.05) is 36.8 Å². The maximum Gasteiger partial charge on any atom is 0.134 e. The van der Waals surface area contributed by atoms with Gasteiger partial charge in [0.2, 0.25) is 0 Å². The van der Waals surface area contributed by atoms with Crippen molar-refractivity contribution < 1.29 is 4.79 Å². The second-order valence-electron chi connectivity index (χ2n) is 4.82. The van der Waals surface area contributed by atoms with Crippen molar-refractivity contribution in [2.45, 2.75) is 39.5 Å². The van der Waals surface area contributed by atoms with Crippen molar-refractivity contribution in [1.82, 2.24) is 0 Å². The maximum absolute atomic E-state index is 11.5. The van der Waals surface area contributed by atoms with E-state index in [0.29, 0.717) is 18.6 Å². The lowest BCUT2D eigenvalue weighted by atomic mass is 9.99. The molecule has 1 aromatic rings. The molecule has 96 valence electrons. The predicted octanol–water partition coefficient (Wildman–Crippen LogP) is 3.44. The average molecular weight is 261 g/mol. The maximum atomic E-state index is 11.5. The van der Waals surface area contributed by atoms with Gasteiger partial charge in [-0.3, -0.25) is 4.79 Å². The van der Waals surface area contributed by atoms with Gasteiger partial charge in [0, 0.05) is 31.5 Å². The van der Waals surface area contributed by atoms with E-state index in [1.165, 1.54) is 16.8 Å². The first-order valence-corrected chi connectivity index (χ1v) is 6.94. The highest BCUT2D eigenvalue weighted by Gasteiger charge is 2.21. The van der Waals surface area contributed by atoms with Gasteiger partial charge in [-0.25, -0.2) is 0 Å². The van der Waals surface area contributed by atoms with Crippen LogP contribution < -0.4 is 4.90 Å². The number of aryl methyl sites for hydroxylation is 2. The highest BCUT2D eigenvalue weighted by molar-refractivity contribution is 7.80. The first kappa shape index (κ1) is 13.2. The second kappa shape index (κ2) is 5.61. The zero-order chi connectivity index (χ0) is 13.1. The van der Waals surface area contributed by atoms with Gasteiger partial charge in [-0.05, 0) is 25.0 Å². The molecule has 0 N–H and O–H groups in total. The SMILES string of the molecule is CCC(=O)CCN1C(=S)CCc2cc(C)ccc21. The van der Waals surface area contributed by atoms with Gasteiger partial charge in [0.1, 0.15) is 5.78 Å². The monoisotopic (exact) mass is 261 g/mol. The van der Waals surface area contributed by atoms with E-state index in [1.54, 1.807) is 0 Å². The molecule has 0 aromatic heterocycles. The Kier molecular flexibility index (Phi) is 4.12. The molecule has 0 bridgehead atoms. The first-order valence-electron chi connectivity index (χ1n) is 6.53. The van der Waals surface area contributed by atoms with E-state index >= 15 is 0 Å². The second-order valence-corrected chi connectivity index (χ2v) is 5.29. The number of benzene rings is 1. The van der Waals surface area contributed by atoms with Gasteiger partial charge < -0.3 is 4.90 Å². The number of anilines is 1. The summed E-state index contributed by atoms with van der Waals surface area (Å²) in [6.45, 7) is 4.74. The molecule has 0 saturated carbocycles. The summed E-state index contributed by atoms with van der Waals surface area (Å²) in [7, 11) is 0. The van der Waals surface area contributed by atoms with Crippen molar-refractivity contribution in [3.63, 3.8) is 0 Å². The lowest BCUT2D eigenvalue weighted by molar-refractivity contribution is -0.118. The Morgan fingerprint density at radius 1 is 1.39 bits per heavy atom. The number of nitrogens with zero attached hydrogens (tertiary/aromatic N) is 1. The standard InChI is InChI=1S/C15H19NOS/c1-3-13(17)8-9-16-14-6-4-11(2)10-12(14)5-7-15(16)18/h4,6,10H,3,5,7-9H2,1-2H3. The third-order valence-electron chi connectivity index (χ3n) is 3.44. The molecule has 0 spiro atoms. The predicted molar refractivity (Wildman–Crippen MR) is 79.4 cm³/mol. The van der Waals surface area contributed by atoms with Crippen LogP contribution in [0.25, 0.3) is 0 Å². The van der Waals surface area contributed by atoms with Crippen molar-refractivity contribution >= 4 is 28.7 Å². The number of Topliss-reactive ketones (excluding diaryl/α,β-unsaturated/α-hetero) is 1. The molecule has 1 heterocycles. The molecule has 18 heavy (non-hydrogen) atoms. The van der Waals surface area contributed by atoms with Crippen LogP contribution in [0.1, 0.15) is 37.3 Å². The van der Waals surface area contributed by atoms with Crippen LogP contribution >= 0.6 is 12.2 Å². The fraction of sp³-hybridized carbons (Fsp3) is 0.467. The van der Waals surface area contributed by atoms with Crippen LogP contribution in [0.15, 0.2) is 18.2 Å². The van der Waals surface area contributed by atoms with Gasteiger partial charge in [0.15, 0.2) is 0 Å². The zero-order valence-electron chi connectivity index (χ0n) is 11.0. The van der Waals surface area contributed by atoms with E-state index < -0.39 is 0 Å². The molecule has 1 aliphatic heterocycles. The Morgan fingerprint density at radius 2 is 2.17 bits per heavy atom. The largest absolute Gasteiger partial charge is 0.335 e. The Balaban J connectivity index is 2.20. The smallest absolute Gasteiger partial charge is 0.134 e. The minimum absolute atomic E-state index is 0.303. The summed E-state index contributed by atoms with van der Waals surface area (Å²) < 4.78 is 0. The third-order valence-corrected chi connectivity index (χ3v) is 3.87. The summed E-state index contributed by atoms with van der Waals surface area (Å²) in [5.41, 5.74) is 3.83. The summed E-state index contributed by atoms with van der Waals surface area (Å²) >= 11 is 5.44. The van der Waals surface area contributed by atoms with Crippen LogP contribution in [0, 0.1) is 6.92 Å². The van der Waals surface area contributed by atoms with Gasteiger partial charge in [-0.15, -0.1) is 0 Å². The highest BCUT2D eigenvalue weighted by atomic mass is 32.1. The van der Waals surface area contributed by atoms with Crippen LogP contribution in [-0.4, -0.2) is 17.3 Å². The van der Waals surface area contributed by atoms with Crippen LogP contribution in [0.4, 0.5) is 5.69 Å². The van der Waals surface area contributed by atoms with E-state index in [4.69, 9.17) is 12.2 Å². The summed E-state index contributed by atoms with van der Waals surface area (Å²) in [6, 6.07) is 6.47. The lowest BCUT2D eigenvalue weighted by Gasteiger charge is -2.32. The molecule has 0 atom stereocenters. The molecule has 0 unspecified atom stereocenters. The summed E-state index contributed by atoms with van der Waals surface area (Å²) in [4.78, 5) is 14.6. The quantitative estimate of drug-likeness (QED) is 0.774. The summed E-state index contributed by atoms with van der Waals surface area (Å²) in [5.74, 6) is 0.303. The van der Waals surface area contributed by atoms with Crippen molar-refractivity contribution in [3.8, 4) is 0 Å². The first-order chi connectivity index (χ1) is 8.61. The number of carbonyl (C=O) groups excluding carboxylic acids is 1. The van der Waals surface area contributed by atoms with E-state index in [9.17, 15) is 4.79 Å².